The molecule has 1 aromatic rings. The standard InChI is InChI=1S/C20H30N2O4/c1-7-26-19(25)18-12(2)17(13(3)21-18)15(23)11-22(14-8-9-14)16(24)10-20(4,5)6/h14,21H,7-11H2,1-6H3. The highest BCUT2D eigenvalue weighted by atomic mass is 16.5. The van der Waals surface area contributed by atoms with Crippen molar-refractivity contribution < 1.29 is 19.1 Å². The molecule has 0 spiro atoms. The molecule has 144 valence electrons. The van der Waals surface area contributed by atoms with E-state index in [4.69, 9.17) is 4.74 Å². The SMILES string of the molecule is CCOC(=O)c1[nH]c(C)c(C(=O)CN(C(=O)CC(C)(C)C)C2CC2)c1C. The number of aryl methyl sites for hydroxylation is 1. The van der Waals surface area contributed by atoms with Gasteiger partial charge in [0.2, 0.25) is 5.91 Å². The van der Waals surface area contributed by atoms with Crippen molar-refractivity contribution in [1.29, 1.82) is 0 Å². The lowest BCUT2D eigenvalue weighted by molar-refractivity contribution is -0.133. The van der Waals surface area contributed by atoms with Gasteiger partial charge in [0.1, 0.15) is 5.69 Å². The summed E-state index contributed by atoms with van der Waals surface area (Å²) in [6.45, 7) is 11.6. The number of hydrogen-bond donors (Lipinski definition) is 1. The minimum Gasteiger partial charge on any atom is -0.461 e. The third-order valence-corrected chi connectivity index (χ3v) is 4.50. The molecule has 1 aliphatic carbocycles. The van der Waals surface area contributed by atoms with Gasteiger partial charge < -0.3 is 14.6 Å². The Morgan fingerprint density at radius 2 is 1.81 bits per heavy atom. The van der Waals surface area contributed by atoms with Crippen molar-refractivity contribution in [3.63, 3.8) is 0 Å². The van der Waals surface area contributed by atoms with E-state index >= 15 is 0 Å². The van der Waals surface area contributed by atoms with E-state index in [9.17, 15) is 14.4 Å². The predicted octanol–water partition coefficient (Wildman–Crippen LogP) is 3.42. The predicted molar refractivity (Wildman–Crippen MR) is 99.4 cm³/mol. The van der Waals surface area contributed by atoms with Gasteiger partial charge in [-0.25, -0.2) is 4.79 Å². The van der Waals surface area contributed by atoms with Crippen LogP contribution in [0.2, 0.25) is 0 Å². The molecule has 6 heteroatoms. The van der Waals surface area contributed by atoms with Crippen LogP contribution < -0.4 is 0 Å². The monoisotopic (exact) mass is 362 g/mol. The van der Waals surface area contributed by atoms with Crippen LogP contribution in [-0.4, -0.2) is 46.7 Å². The van der Waals surface area contributed by atoms with Crippen LogP contribution >= 0.6 is 0 Å². The summed E-state index contributed by atoms with van der Waals surface area (Å²) in [6, 6.07) is 0.165. The van der Waals surface area contributed by atoms with E-state index in [0.717, 1.165) is 12.8 Å². The first-order chi connectivity index (χ1) is 12.0. The van der Waals surface area contributed by atoms with Crippen LogP contribution in [0.15, 0.2) is 0 Å². The van der Waals surface area contributed by atoms with Crippen molar-refractivity contribution >= 4 is 17.7 Å². The fourth-order valence-electron chi connectivity index (χ4n) is 3.17. The molecule has 0 aliphatic heterocycles. The lowest BCUT2D eigenvalue weighted by Crippen LogP contribution is -2.39. The van der Waals surface area contributed by atoms with Crippen LogP contribution in [0.5, 0.6) is 0 Å². The molecule has 0 bridgehead atoms. The second-order valence-corrected chi connectivity index (χ2v) is 8.26. The maximum Gasteiger partial charge on any atom is 0.355 e. The third-order valence-electron chi connectivity index (χ3n) is 4.50. The number of carbonyl (C=O) groups excluding carboxylic acids is 3. The molecule has 1 heterocycles. The molecule has 1 saturated carbocycles. The number of rotatable bonds is 7. The molecule has 0 saturated heterocycles. The zero-order chi connectivity index (χ0) is 19.6. The normalized spacial score (nSPS) is 14.2. The Balaban J connectivity index is 2.20. The van der Waals surface area contributed by atoms with Gasteiger partial charge in [-0.3, -0.25) is 9.59 Å². The van der Waals surface area contributed by atoms with Crippen LogP contribution in [0.3, 0.4) is 0 Å². The van der Waals surface area contributed by atoms with Gasteiger partial charge in [0, 0.05) is 23.7 Å². The molecular weight excluding hydrogens is 332 g/mol. The Morgan fingerprint density at radius 1 is 1.19 bits per heavy atom. The Labute approximate surface area is 155 Å². The number of nitrogens with zero attached hydrogens (tertiary/aromatic N) is 1. The van der Waals surface area contributed by atoms with Gasteiger partial charge in [0.15, 0.2) is 5.78 Å². The summed E-state index contributed by atoms with van der Waals surface area (Å²) in [5.41, 5.74) is 1.90. The number of Topliss-reactive ketones (excluding diaryl/α,β-unsaturated/α-hetero) is 1. The molecule has 0 aromatic carbocycles. The highest BCUT2D eigenvalue weighted by Crippen LogP contribution is 2.30. The quantitative estimate of drug-likeness (QED) is 0.595. The third kappa shape index (κ3) is 4.74. The molecule has 0 unspecified atom stereocenters. The number of nitrogens with one attached hydrogen (secondary N) is 1. The average Bonchev–Trinajstić information content (AvgIpc) is 3.28. The number of carbonyl (C=O) groups is 3. The van der Waals surface area contributed by atoms with Gasteiger partial charge in [0.25, 0.3) is 0 Å². The summed E-state index contributed by atoms with van der Waals surface area (Å²) in [5, 5.41) is 0. The first kappa shape index (κ1) is 20.2. The van der Waals surface area contributed by atoms with Gasteiger partial charge in [-0.1, -0.05) is 20.8 Å². The number of ether oxygens (including phenoxy) is 1. The smallest absolute Gasteiger partial charge is 0.355 e. The van der Waals surface area contributed by atoms with Crippen LogP contribution in [0, 0.1) is 19.3 Å². The minimum absolute atomic E-state index is 0.0183. The molecule has 1 N–H and O–H groups in total. The fourth-order valence-corrected chi connectivity index (χ4v) is 3.17. The Morgan fingerprint density at radius 3 is 2.31 bits per heavy atom. The van der Waals surface area contributed by atoms with E-state index in [-0.39, 0.29) is 36.3 Å². The largest absolute Gasteiger partial charge is 0.461 e. The van der Waals surface area contributed by atoms with Crippen molar-refractivity contribution in [2.75, 3.05) is 13.2 Å². The molecule has 1 fully saturated rings. The maximum atomic E-state index is 12.9. The van der Waals surface area contributed by atoms with Crippen molar-refractivity contribution in [2.45, 2.75) is 66.8 Å². The number of H-pyrrole nitrogens is 1. The number of aromatic nitrogens is 1. The van der Waals surface area contributed by atoms with Crippen molar-refractivity contribution in [3.8, 4) is 0 Å². The van der Waals surface area contributed by atoms with Crippen LogP contribution in [-0.2, 0) is 9.53 Å². The number of esters is 1. The van der Waals surface area contributed by atoms with Gasteiger partial charge in [0.05, 0.1) is 13.2 Å². The second-order valence-electron chi connectivity index (χ2n) is 8.26. The first-order valence-electron chi connectivity index (χ1n) is 9.24. The fraction of sp³-hybridized carbons (Fsp3) is 0.650. The molecular formula is C20H30N2O4. The number of hydrogen-bond acceptors (Lipinski definition) is 4. The van der Waals surface area contributed by atoms with Crippen molar-refractivity contribution in [2.24, 2.45) is 5.41 Å². The Hall–Kier alpha value is -2.11. The number of aromatic amines is 1. The van der Waals surface area contributed by atoms with E-state index in [1.165, 1.54) is 0 Å². The summed E-state index contributed by atoms with van der Waals surface area (Å²) in [5.74, 6) is -0.583. The highest BCUT2D eigenvalue weighted by Gasteiger charge is 2.36. The summed E-state index contributed by atoms with van der Waals surface area (Å²) in [7, 11) is 0. The molecule has 1 amide bonds. The van der Waals surface area contributed by atoms with Crippen LogP contribution in [0.25, 0.3) is 0 Å². The van der Waals surface area contributed by atoms with Gasteiger partial charge in [-0.05, 0) is 44.6 Å². The lowest BCUT2D eigenvalue weighted by atomic mass is 9.91. The summed E-state index contributed by atoms with van der Waals surface area (Å²) >= 11 is 0. The topological polar surface area (TPSA) is 79.5 Å². The summed E-state index contributed by atoms with van der Waals surface area (Å²) in [6.07, 6.45) is 2.31. The lowest BCUT2D eigenvalue weighted by Gasteiger charge is -2.26. The van der Waals surface area contributed by atoms with E-state index in [1.807, 2.05) is 20.8 Å². The van der Waals surface area contributed by atoms with E-state index in [0.29, 0.717) is 28.9 Å². The minimum atomic E-state index is -0.463. The Bertz CT molecular complexity index is 708. The number of ketones is 1. The molecule has 0 atom stereocenters. The van der Waals surface area contributed by atoms with Gasteiger partial charge in [-0.15, -0.1) is 0 Å². The average molecular weight is 362 g/mol. The van der Waals surface area contributed by atoms with Crippen LogP contribution in [0.4, 0.5) is 0 Å². The second kappa shape index (κ2) is 7.64. The van der Waals surface area contributed by atoms with Gasteiger partial charge in [-0.2, -0.15) is 0 Å². The maximum absolute atomic E-state index is 12.9. The van der Waals surface area contributed by atoms with E-state index in [1.54, 1.807) is 25.7 Å². The van der Waals surface area contributed by atoms with E-state index < -0.39 is 5.97 Å². The molecule has 6 nitrogen and oxygen atoms in total. The first-order valence-corrected chi connectivity index (χ1v) is 9.24. The zero-order valence-electron chi connectivity index (χ0n) is 16.7. The molecule has 1 aromatic heterocycles. The Kier molecular flexibility index (Phi) is 5.94. The summed E-state index contributed by atoms with van der Waals surface area (Å²) < 4.78 is 5.03. The van der Waals surface area contributed by atoms with Crippen LogP contribution in [0.1, 0.15) is 79.1 Å². The van der Waals surface area contributed by atoms with E-state index in [2.05, 4.69) is 4.98 Å². The van der Waals surface area contributed by atoms with Crippen molar-refractivity contribution in [3.05, 3.63) is 22.5 Å². The molecule has 26 heavy (non-hydrogen) atoms. The van der Waals surface area contributed by atoms with Crippen molar-refractivity contribution in [1.82, 2.24) is 9.88 Å². The van der Waals surface area contributed by atoms with Gasteiger partial charge >= 0.3 is 5.97 Å². The zero-order valence-corrected chi connectivity index (χ0v) is 16.7. The number of amides is 1. The molecule has 0 radical (unpaired) electrons. The highest BCUT2D eigenvalue weighted by molar-refractivity contribution is 6.04. The summed E-state index contributed by atoms with van der Waals surface area (Å²) in [4.78, 5) is 42.3. The molecule has 2 rings (SSSR count). The molecule has 1 aliphatic rings.